The summed E-state index contributed by atoms with van der Waals surface area (Å²) < 4.78 is 0. The van der Waals surface area contributed by atoms with Gasteiger partial charge in [-0.15, -0.1) is 0 Å². The topological polar surface area (TPSA) is 111 Å². The number of rotatable bonds is 3. The molecule has 1 saturated heterocycles. The highest BCUT2D eigenvalue weighted by Crippen LogP contribution is 2.40. The first kappa shape index (κ1) is 15.3. The molecule has 3 rings (SSSR count). The molecular weight excluding hydrogens is 302 g/mol. The summed E-state index contributed by atoms with van der Waals surface area (Å²) in [5, 5.41) is 8.88. The van der Waals surface area contributed by atoms with E-state index in [4.69, 9.17) is 5.11 Å². The van der Waals surface area contributed by atoms with Crippen molar-refractivity contribution < 1.29 is 19.5 Å². The molecular formula is C15H17N3O5. The molecule has 2 unspecified atom stereocenters. The van der Waals surface area contributed by atoms with E-state index in [-0.39, 0.29) is 17.4 Å². The van der Waals surface area contributed by atoms with Crippen LogP contribution in [0.25, 0.3) is 0 Å². The number of aromatic nitrogens is 1. The Morgan fingerprint density at radius 3 is 2.22 bits per heavy atom. The van der Waals surface area contributed by atoms with Crippen molar-refractivity contribution in [2.75, 3.05) is 26.2 Å². The van der Waals surface area contributed by atoms with E-state index in [1.165, 1.54) is 18.3 Å². The summed E-state index contributed by atoms with van der Waals surface area (Å²) in [7, 11) is 0. The molecule has 0 aromatic carbocycles. The van der Waals surface area contributed by atoms with E-state index < -0.39 is 17.8 Å². The van der Waals surface area contributed by atoms with Crippen LogP contribution in [0.1, 0.15) is 16.8 Å². The molecule has 2 N–H and O–H groups in total. The lowest BCUT2D eigenvalue weighted by atomic mass is 10.2. The predicted molar refractivity (Wildman–Crippen MR) is 78.8 cm³/mol. The van der Waals surface area contributed by atoms with Gasteiger partial charge >= 0.3 is 5.97 Å². The number of aliphatic carboxylic acids is 1. The molecule has 0 spiro atoms. The van der Waals surface area contributed by atoms with Crippen molar-refractivity contribution in [2.24, 2.45) is 11.8 Å². The van der Waals surface area contributed by atoms with Crippen LogP contribution in [-0.2, 0) is 9.59 Å². The SMILES string of the molecule is O=C(O)C1CC1C(=O)N1CCN(C(=O)c2ccc(=O)[nH]c2)CC1. The van der Waals surface area contributed by atoms with Crippen LogP contribution < -0.4 is 5.56 Å². The Balaban J connectivity index is 1.55. The number of carboxylic acids is 1. The number of carbonyl (C=O) groups is 3. The normalized spacial score (nSPS) is 23.5. The Kier molecular flexibility index (Phi) is 3.89. The van der Waals surface area contributed by atoms with Gasteiger partial charge in [0, 0.05) is 38.4 Å². The van der Waals surface area contributed by atoms with Crippen LogP contribution in [0.15, 0.2) is 23.1 Å². The molecule has 1 aliphatic heterocycles. The van der Waals surface area contributed by atoms with Gasteiger partial charge in [-0.1, -0.05) is 0 Å². The summed E-state index contributed by atoms with van der Waals surface area (Å²) in [4.78, 5) is 52.0. The molecule has 2 amide bonds. The van der Waals surface area contributed by atoms with Gasteiger partial charge < -0.3 is 19.9 Å². The second kappa shape index (κ2) is 5.86. The van der Waals surface area contributed by atoms with Crippen LogP contribution in [-0.4, -0.2) is 63.9 Å². The molecule has 8 heteroatoms. The van der Waals surface area contributed by atoms with Gasteiger partial charge in [-0.3, -0.25) is 19.2 Å². The van der Waals surface area contributed by atoms with Crippen molar-refractivity contribution in [2.45, 2.75) is 6.42 Å². The minimum atomic E-state index is -0.921. The minimum Gasteiger partial charge on any atom is -0.481 e. The highest BCUT2D eigenvalue weighted by molar-refractivity contribution is 5.94. The fourth-order valence-corrected chi connectivity index (χ4v) is 2.83. The van der Waals surface area contributed by atoms with Crippen LogP contribution in [0.5, 0.6) is 0 Å². The number of amides is 2. The molecule has 1 aromatic rings. The number of hydrogen-bond donors (Lipinski definition) is 2. The number of carboxylic acid groups (broad SMARTS) is 1. The lowest BCUT2D eigenvalue weighted by Gasteiger charge is -2.35. The summed E-state index contributed by atoms with van der Waals surface area (Å²) in [5.74, 6) is -2.20. The van der Waals surface area contributed by atoms with E-state index in [1.807, 2.05) is 0 Å². The van der Waals surface area contributed by atoms with Crippen LogP contribution in [0.4, 0.5) is 0 Å². The number of carbonyl (C=O) groups excluding carboxylic acids is 2. The van der Waals surface area contributed by atoms with Gasteiger partial charge in [0.05, 0.1) is 17.4 Å². The summed E-state index contributed by atoms with van der Waals surface area (Å²) >= 11 is 0. The van der Waals surface area contributed by atoms with Gasteiger partial charge in [0.15, 0.2) is 0 Å². The molecule has 1 aliphatic carbocycles. The summed E-state index contributed by atoms with van der Waals surface area (Å²) in [5.41, 5.74) is 0.131. The summed E-state index contributed by atoms with van der Waals surface area (Å²) in [6.07, 6.45) is 1.79. The molecule has 1 aromatic heterocycles. The van der Waals surface area contributed by atoms with Gasteiger partial charge in [0.25, 0.3) is 5.91 Å². The third-order valence-corrected chi connectivity index (χ3v) is 4.33. The van der Waals surface area contributed by atoms with Gasteiger partial charge in [-0.2, -0.15) is 0 Å². The zero-order valence-electron chi connectivity index (χ0n) is 12.4. The smallest absolute Gasteiger partial charge is 0.307 e. The number of pyridine rings is 1. The second-order valence-corrected chi connectivity index (χ2v) is 5.85. The summed E-state index contributed by atoms with van der Waals surface area (Å²) in [6, 6.07) is 2.77. The highest BCUT2D eigenvalue weighted by atomic mass is 16.4. The first-order valence-corrected chi connectivity index (χ1v) is 7.47. The summed E-state index contributed by atoms with van der Waals surface area (Å²) in [6.45, 7) is 1.59. The van der Waals surface area contributed by atoms with Crippen molar-refractivity contribution in [1.82, 2.24) is 14.8 Å². The van der Waals surface area contributed by atoms with E-state index in [9.17, 15) is 19.2 Å². The third kappa shape index (κ3) is 3.10. The quantitative estimate of drug-likeness (QED) is 0.771. The number of aromatic amines is 1. The van der Waals surface area contributed by atoms with Crippen LogP contribution >= 0.6 is 0 Å². The lowest BCUT2D eigenvalue weighted by Crippen LogP contribution is -2.51. The zero-order chi connectivity index (χ0) is 16.6. The fourth-order valence-electron chi connectivity index (χ4n) is 2.83. The van der Waals surface area contributed by atoms with Gasteiger partial charge in [0.1, 0.15) is 0 Å². The highest BCUT2D eigenvalue weighted by Gasteiger charge is 2.50. The molecule has 0 bridgehead atoms. The number of piperazine rings is 1. The molecule has 2 atom stereocenters. The molecule has 122 valence electrons. The monoisotopic (exact) mass is 319 g/mol. The van der Waals surface area contributed by atoms with Crippen molar-refractivity contribution >= 4 is 17.8 Å². The molecule has 23 heavy (non-hydrogen) atoms. The molecule has 0 radical (unpaired) electrons. The fraction of sp³-hybridized carbons (Fsp3) is 0.467. The third-order valence-electron chi connectivity index (χ3n) is 4.33. The van der Waals surface area contributed by atoms with Gasteiger partial charge in [-0.05, 0) is 12.5 Å². The zero-order valence-corrected chi connectivity index (χ0v) is 12.4. The van der Waals surface area contributed by atoms with Gasteiger partial charge in [0.2, 0.25) is 11.5 Å². The Hall–Kier alpha value is -2.64. The molecule has 2 aliphatic rings. The maximum Gasteiger partial charge on any atom is 0.307 e. The first-order chi connectivity index (χ1) is 11.0. The molecule has 2 heterocycles. The maximum atomic E-state index is 12.3. The average Bonchev–Trinajstić information content (AvgIpc) is 3.35. The van der Waals surface area contributed by atoms with Gasteiger partial charge in [-0.25, -0.2) is 0 Å². The van der Waals surface area contributed by atoms with E-state index in [0.29, 0.717) is 38.2 Å². The van der Waals surface area contributed by atoms with E-state index in [1.54, 1.807) is 9.80 Å². The Bertz CT molecular complexity index is 685. The molecule has 2 fully saturated rings. The second-order valence-electron chi connectivity index (χ2n) is 5.85. The maximum absolute atomic E-state index is 12.3. The van der Waals surface area contributed by atoms with Crippen LogP contribution in [0, 0.1) is 11.8 Å². The largest absolute Gasteiger partial charge is 0.481 e. The number of nitrogens with zero attached hydrogens (tertiary/aromatic N) is 2. The average molecular weight is 319 g/mol. The molecule has 1 saturated carbocycles. The lowest BCUT2D eigenvalue weighted by molar-refractivity contribution is -0.142. The van der Waals surface area contributed by atoms with Crippen molar-refractivity contribution in [3.8, 4) is 0 Å². The number of nitrogens with one attached hydrogen (secondary N) is 1. The Labute approximate surface area is 131 Å². The Morgan fingerprint density at radius 2 is 1.70 bits per heavy atom. The predicted octanol–water partition coefficient (Wildman–Crippen LogP) is -0.620. The van der Waals surface area contributed by atoms with Crippen LogP contribution in [0.2, 0.25) is 0 Å². The number of H-pyrrole nitrogens is 1. The van der Waals surface area contributed by atoms with E-state index in [0.717, 1.165) is 0 Å². The first-order valence-electron chi connectivity index (χ1n) is 7.47. The van der Waals surface area contributed by atoms with Crippen molar-refractivity contribution in [3.63, 3.8) is 0 Å². The van der Waals surface area contributed by atoms with Crippen LogP contribution in [0.3, 0.4) is 0 Å². The van der Waals surface area contributed by atoms with E-state index in [2.05, 4.69) is 4.98 Å². The van der Waals surface area contributed by atoms with Crippen molar-refractivity contribution in [1.29, 1.82) is 0 Å². The standard InChI is InChI=1S/C15H17N3O5/c19-12-2-1-9(8-16-12)13(20)17-3-5-18(6-4-17)14(21)10-7-11(10)15(22)23/h1-2,8,10-11H,3-7H2,(H,16,19)(H,22,23). The minimum absolute atomic E-state index is 0.131. The van der Waals surface area contributed by atoms with Crippen molar-refractivity contribution in [3.05, 3.63) is 34.2 Å². The Morgan fingerprint density at radius 1 is 1.04 bits per heavy atom. The van der Waals surface area contributed by atoms with E-state index >= 15 is 0 Å². The molecule has 8 nitrogen and oxygen atoms in total. The number of hydrogen-bond acceptors (Lipinski definition) is 4.